The molecule has 1 aromatic rings. The summed E-state index contributed by atoms with van der Waals surface area (Å²) in [4.78, 5) is 11.1. The molecule has 150 valence electrons. The highest BCUT2D eigenvalue weighted by molar-refractivity contribution is 6.61. The minimum Gasteiger partial charge on any atom is -0.463 e. The minimum absolute atomic E-state index is 0.373. The van der Waals surface area contributed by atoms with E-state index < -0.39 is 7.12 Å². The molecule has 0 radical (unpaired) electrons. The second kappa shape index (κ2) is 8.43. The molecule has 0 amide bonds. The second-order valence-corrected chi connectivity index (χ2v) is 8.50. The highest BCUT2D eigenvalue weighted by Crippen LogP contribution is 2.36. The monoisotopic (exact) mass is 376 g/mol. The zero-order valence-electron chi connectivity index (χ0n) is 17.1. The third kappa shape index (κ3) is 4.80. The van der Waals surface area contributed by atoms with Crippen LogP contribution in [0.25, 0.3) is 0 Å². The van der Waals surface area contributed by atoms with Crippen LogP contribution < -0.4 is 15.9 Å². The number of piperidine rings is 1. The van der Waals surface area contributed by atoms with Gasteiger partial charge in [-0.15, -0.1) is 0 Å². The number of nitrogens with zero attached hydrogens (tertiary/aromatic N) is 3. The first-order chi connectivity index (χ1) is 12.8. The lowest BCUT2D eigenvalue weighted by Crippen LogP contribution is -2.43. The van der Waals surface area contributed by atoms with Crippen molar-refractivity contribution in [2.24, 2.45) is 5.73 Å². The van der Waals surface area contributed by atoms with Crippen molar-refractivity contribution in [2.75, 3.05) is 26.2 Å². The predicted molar refractivity (Wildman–Crippen MR) is 106 cm³/mol. The quantitative estimate of drug-likeness (QED) is 0.720. The molecule has 0 aromatic carbocycles. The van der Waals surface area contributed by atoms with Gasteiger partial charge in [0.25, 0.3) is 0 Å². The van der Waals surface area contributed by atoms with Crippen molar-refractivity contribution in [3.8, 4) is 6.01 Å². The Kier molecular flexibility index (Phi) is 6.41. The summed E-state index contributed by atoms with van der Waals surface area (Å²) in [6, 6.07) is 0.947. The number of nitrogens with two attached hydrogens (primary N) is 1. The van der Waals surface area contributed by atoms with Crippen molar-refractivity contribution in [3.05, 3.63) is 12.4 Å². The van der Waals surface area contributed by atoms with Crippen LogP contribution in [0.1, 0.15) is 53.4 Å². The molecule has 2 aliphatic heterocycles. The van der Waals surface area contributed by atoms with E-state index in [1.165, 1.54) is 19.3 Å². The molecule has 1 atom stereocenters. The molecule has 3 heterocycles. The summed E-state index contributed by atoms with van der Waals surface area (Å²) < 4.78 is 17.8. The lowest BCUT2D eigenvalue weighted by molar-refractivity contribution is 0.00578. The van der Waals surface area contributed by atoms with E-state index >= 15 is 0 Å². The number of ether oxygens (including phenoxy) is 1. The molecule has 27 heavy (non-hydrogen) atoms. The Bertz CT molecular complexity index is 593. The fraction of sp³-hybridized carbons (Fsp3) is 0.789. The van der Waals surface area contributed by atoms with Crippen LogP contribution in [-0.2, 0) is 9.31 Å². The number of likely N-dealkylation sites (tertiary alicyclic amines) is 1. The summed E-state index contributed by atoms with van der Waals surface area (Å²) in [5, 5.41) is 0. The van der Waals surface area contributed by atoms with Crippen LogP contribution >= 0.6 is 0 Å². The molecular weight excluding hydrogens is 343 g/mol. The summed E-state index contributed by atoms with van der Waals surface area (Å²) in [6.07, 6.45) is 8.19. The van der Waals surface area contributed by atoms with E-state index in [-0.39, 0.29) is 11.2 Å². The predicted octanol–water partition coefficient (Wildman–Crippen LogP) is 1.36. The highest BCUT2D eigenvalue weighted by atomic mass is 16.7. The van der Waals surface area contributed by atoms with Crippen LogP contribution in [0, 0.1) is 0 Å². The van der Waals surface area contributed by atoms with Crippen molar-refractivity contribution >= 4 is 12.6 Å². The topological polar surface area (TPSA) is 82.7 Å². The molecule has 0 aliphatic carbocycles. The Hall–Kier alpha value is -1.22. The maximum atomic E-state index is 6.03. The summed E-state index contributed by atoms with van der Waals surface area (Å²) in [5.41, 5.74) is 5.79. The van der Waals surface area contributed by atoms with Crippen LogP contribution in [0.15, 0.2) is 12.4 Å². The van der Waals surface area contributed by atoms with E-state index in [9.17, 15) is 0 Å². The van der Waals surface area contributed by atoms with Gasteiger partial charge in [0.05, 0.1) is 17.8 Å². The lowest BCUT2D eigenvalue weighted by Gasteiger charge is -2.35. The maximum absolute atomic E-state index is 6.03. The van der Waals surface area contributed by atoms with Crippen LogP contribution in [-0.4, -0.2) is 65.5 Å². The number of hydrogen-bond donors (Lipinski definition) is 1. The van der Waals surface area contributed by atoms with E-state index in [2.05, 4.69) is 14.9 Å². The molecule has 1 aromatic heterocycles. The van der Waals surface area contributed by atoms with Crippen molar-refractivity contribution in [1.82, 2.24) is 14.9 Å². The van der Waals surface area contributed by atoms with Crippen molar-refractivity contribution in [1.29, 1.82) is 0 Å². The van der Waals surface area contributed by atoms with Gasteiger partial charge in [-0.2, -0.15) is 0 Å². The van der Waals surface area contributed by atoms with E-state index in [0.29, 0.717) is 25.2 Å². The van der Waals surface area contributed by atoms with Gasteiger partial charge in [0.15, 0.2) is 0 Å². The molecule has 0 spiro atoms. The fourth-order valence-corrected chi connectivity index (χ4v) is 3.63. The maximum Gasteiger partial charge on any atom is 0.498 e. The molecule has 2 fully saturated rings. The lowest BCUT2D eigenvalue weighted by atomic mass is 9.81. The molecule has 7 nitrogen and oxygen atoms in total. The molecule has 0 saturated carbocycles. The normalized spacial score (nSPS) is 24.9. The molecule has 0 bridgehead atoms. The Morgan fingerprint density at radius 3 is 2.48 bits per heavy atom. The zero-order chi connectivity index (χ0) is 19.5. The minimum atomic E-state index is -0.448. The molecule has 3 rings (SSSR count). The van der Waals surface area contributed by atoms with Crippen molar-refractivity contribution in [3.63, 3.8) is 0 Å². The second-order valence-electron chi connectivity index (χ2n) is 8.50. The van der Waals surface area contributed by atoms with Gasteiger partial charge in [0, 0.05) is 37.0 Å². The van der Waals surface area contributed by atoms with Crippen LogP contribution in [0.4, 0.5) is 0 Å². The molecule has 2 aliphatic rings. The zero-order valence-corrected chi connectivity index (χ0v) is 17.1. The average molecular weight is 376 g/mol. The van der Waals surface area contributed by atoms with Gasteiger partial charge < -0.3 is 19.8 Å². The fourth-order valence-electron chi connectivity index (χ4n) is 3.63. The standard InChI is InChI=1S/C19H33BN4O3/c1-18(2)19(3,4)27-20(26-18)15-13-22-17(23-14-15)25-12-8-16-7-5-6-10-24(16)11-9-21/h13-14,16H,5-12,21H2,1-4H3/t16-/m1/s1. The third-order valence-corrected chi connectivity index (χ3v) is 6.02. The van der Waals surface area contributed by atoms with Gasteiger partial charge in [0.2, 0.25) is 0 Å². The number of hydrogen-bond acceptors (Lipinski definition) is 7. The molecular formula is C19H33BN4O3. The first kappa shape index (κ1) is 20.5. The highest BCUT2D eigenvalue weighted by Gasteiger charge is 2.51. The first-order valence-corrected chi connectivity index (χ1v) is 10.1. The van der Waals surface area contributed by atoms with Gasteiger partial charge in [-0.25, -0.2) is 9.97 Å². The Morgan fingerprint density at radius 2 is 1.85 bits per heavy atom. The largest absolute Gasteiger partial charge is 0.498 e. The summed E-state index contributed by atoms with van der Waals surface area (Å²) in [5.74, 6) is 0. The number of rotatable bonds is 7. The van der Waals surface area contributed by atoms with Gasteiger partial charge >= 0.3 is 13.1 Å². The van der Waals surface area contributed by atoms with Gasteiger partial charge in [-0.3, -0.25) is 4.90 Å². The Labute approximate surface area is 163 Å². The summed E-state index contributed by atoms with van der Waals surface area (Å²) in [6.45, 7) is 11.6. The molecule has 2 saturated heterocycles. The van der Waals surface area contributed by atoms with E-state index in [1.54, 1.807) is 12.4 Å². The van der Waals surface area contributed by atoms with Crippen molar-refractivity contribution in [2.45, 2.75) is 70.6 Å². The van der Waals surface area contributed by atoms with Gasteiger partial charge in [0.1, 0.15) is 0 Å². The SMILES string of the molecule is CC1(C)OB(c2cnc(OCC[C@H]3CCCCN3CCN)nc2)OC1(C)C. The molecule has 0 unspecified atom stereocenters. The molecule has 8 heteroatoms. The third-order valence-electron chi connectivity index (χ3n) is 6.02. The first-order valence-electron chi connectivity index (χ1n) is 10.1. The average Bonchev–Trinajstić information content (AvgIpc) is 2.85. The van der Waals surface area contributed by atoms with Crippen LogP contribution in [0.3, 0.4) is 0 Å². The Balaban J connectivity index is 1.50. The van der Waals surface area contributed by atoms with Crippen LogP contribution in [0.5, 0.6) is 6.01 Å². The van der Waals surface area contributed by atoms with Crippen molar-refractivity contribution < 1.29 is 14.0 Å². The van der Waals surface area contributed by atoms with E-state index in [0.717, 1.165) is 25.0 Å². The molecule has 2 N–H and O–H groups in total. The van der Waals surface area contributed by atoms with Gasteiger partial charge in [-0.05, 0) is 53.5 Å². The summed E-state index contributed by atoms with van der Waals surface area (Å²) >= 11 is 0. The smallest absolute Gasteiger partial charge is 0.463 e. The van der Waals surface area contributed by atoms with E-state index in [4.69, 9.17) is 19.8 Å². The summed E-state index contributed by atoms with van der Waals surface area (Å²) in [7, 11) is -0.448. The van der Waals surface area contributed by atoms with Crippen LogP contribution in [0.2, 0.25) is 0 Å². The Morgan fingerprint density at radius 1 is 1.19 bits per heavy atom. The number of aromatic nitrogens is 2. The van der Waals surface area contributed by atoms with Gasteiger partial charge in [-0.1, -0.05) is 6.42 Å². The van der Waals surface area contributed by atoms with E-state index in [1.807, 2.05) is 27.7 Å².